The van der Waals surface area contributed by atoms with E-state index in [1.54, 1.807) is 10.9 Å². The minimum Gasteiger partial charge on any atom is -0.395 e. The Morgan fingerprint density at radius 1 is 1.50 bits per heavy atom. The first-order chi connectivity index (χ1) is 6.69. The van der Waals surface area contributed by atoms with Crippen molar-refractivity contribution in [1.82, 2.24) is 15.1 Å². The maximum absolute atomic E-state index is 8.90. The van der Waals surface area contributed by atoms with Crippen LogP contribution in [0.4, 0.5) is 0 Å². The van der Waals surface area contributed by atoms with Crippen molar-refractivity contribution in [3.8, 4) is 0 Å². The lowest BCUT2D eigenvalue weighted by Crippen LogP contribution is -2.38. The number of aromatic nitrogens is 2. The molecule has 5 heteroatoms. The summed E-state index contributed by atoms with van der Waals surface area (Å²) in [7, 11) is 1.86. The zero-order valence-corrected chi connectivity index (χ0v) is 8.51. The molecule has 5 nitrogen and oxygen atoms in total. The number of hydrogen-bond donors (Lipinski definition) is 3. The lowest BCUT2D eigenvalue weighted by Gasteiger charge is -2.19. The second-order valence-corrected chi connectivity index (χ2v) is 3.33. The second kappa shape index (κ2) is 5.09. The van der Waals surface area contributed by atoms with E-state index in [0.29, 0.717) is 0 Å². The fourth-order valence-corrected chi connectivity index (χ4v) is 1.41. The van der Waals surface area contributed by atoms with Crippen LogP contribution in [0.2, 0.25) is 0 Å². The predicted molar refractivity (Wildman–Crippen MR) is 52.7 cm³/mol. The van der Waals surface area contributed by atoms with Crippen LogP contribution < -0.4 is 5.32 Å². The zero-order chi connectivity index (χ0) is 10.6. The summed E-state index contributed by atoms with van der Waals surface area (Å²) < 4.78 is 1.77. The third kappa shape index (κ3) is 2.54. The van der Waals surface area contributed by atoms with Gasteiger partial charge in [-0.05, 0) is 13.0 Å². The third-order valence-corrected chi connectivity index (χ3v) is 2.23. The van der Waals surface area contributed by atoms with Gasteiger partial charge in [-0.25, -0.2) is 0 Å². The molecule has 0 aliphatic heterocycles. The van der Waals surface area contributed by atoms with Crippen molar-refractivity contribution in [2.45, 2.75) is 19.0 Å². The summed E-state index contributed by atoms with van der Waals surface area (Å²) in [4.78, 5) is 0. The van der Waals surface area contributed by atoms with E-state index in [0.717, 1.165) is 5.69 Å². The molecule has 0 saturated heterocycles. The highest BCUT2D eigenvalue weighted by molar-refractivity contribution is 5.05. The Bertz CT molecular complexity index is 271. The van der Waals surface area contributed by atoms with Crippen LogP contribution in [0.1, 0.15) is 18.7 Å². The van der Waals surface area contributed by atoms with E-state index in [1.165, 1.54) is 0 Å². The summed E-state index contributed by atoms with van der Waals surface area (Å²) in [5.74, 6) is 0. The van der Waals surface area contributed by atoms with Crippen LogP contribution in [-0.2, 0) is 7.05 Å². The molecule has 1 atom stereocenters. The molecule has 0 saturated carbocycles. The molecule has 14 heavy (non-hydrogen) atoms. The summed E-state index contributed by atoms with van der Waals surface area (Å²) in [6.07, 6.45) is 1.72. The minimum absolute atomic E-state index is 0.0619. The van der Waals surface area contributed by atoms with Gasteiger partial charge in [-0.1, -0.05) is 0 Å². The molecule has 0 fully saturated rings. The van der Waals surface area contributed by atoms with Crippen LogP contribution in [0.3, 0.4) is 0 Å². The van der Waals surface area contributed by atoms with Gasteiger partial charge in [0.15, 0.2) is 0 Å². The zero-order valence-electron chi connectivity index (χ0n) is 8.51. The Morgan fingerprint density at radius 3 is 2.57 bits per heavy atom. The molecule has 0 spiro atoms. The van der Waals surface area contributed by atoms with E-state index in [9.17, 15) is 0 Å². The van der Waals surface area contributed by atoms with Crippen LogP contribution in [-0.4, -0.2) is 39.2 Å². The first-order valence-corrected chi connectivity index (χ1v) is 4.64. The van der Waals surface area contributed by atoms with Gasteiger partial charge in [-0.3, -0.25) is 4.68 Å². The van der Waals surface area contributed by atoms with Crippen molar-refractivity contribution in [3.05, 3.63) is 18.0 Å². The quantitative estimate of drug-likeness (QED) is 0.593. The van der Waals surface area contributed by atoms with E-state index in [4.69, 9.17) is 10.2 Å². The maximum atomic E-state index is 8.90. The fourth-order valence-electron chi connectivity index (χ4n) is 1.41. The summed E-state index contributed by atoms with van der Waals surface area (Å²) in [6.45, 7) is 1.83. The molecule has 1 rings (SSSR count). The summed E-state index contributed by atoms with van der Waals surface area (Å²) in [6, 6.07) is 1.69. The monoisotopic (exact) mass is 199 g/mol. The maximum Gasteiger partial charge on any atom is 0.0607 e. The van der Waals surface area contributed by atoms with E-state index in [-0.39, 0.29) is 25.3 Å². The third-order valence-electron chi connectivity index (χ3n) is 2.23. The first-order valence-electron chi connectivity index (χ1n) is 4.64. The topological polar surface area (TPSA) is 70.3 Å². The van der Waals surface area contributed by atoms with Gasteiger partial charge in [-0.15, -0.1) is 0 Å². The van der Waals surface area contributed by atoms with Gasteiger partial charge >= 0.3 is 0 Å². The van der Waals surface area contributed by atoms with Crippen LogP contribution >= 0.6 is 0 Å². The molecule has 0 radical (unpaired) electrons. The van der Waals surface area contributed by atoms with Gasteiger partial charge in [0.05, 0.1) is 24.9 Å². The van der Waals surface area contributed by atoms with Crippen molar-refractivity contribution >= 4 is 0 Å². The number of hydrogen-bond acceptors (Lipinski definition) is 4. The van der Waals surface area contributed by atoms with E-state index < -0.39 is 0 Å². The Kier molecular flexibility index (Phi) is 4.06. The molecular formula is C9H17N3O2. The number of nitrogens with zero attached hydrogens (tertiary/aromatic N) is 2. The summed E-state index contributed by atoms with van der Waals surface area (Å²) in [5.41, 5.74) is 1.02. The lowest BCUT2D eigenvalue weighted by atomic mass is 10.2. The van der Waals surface area contributed by atoms with Crippen LogP contribution in [0, 0.1) is 0 Å². The first kappa shape index (κ1) is 11.2. The Balaban J connectivity index is 2.58. The number of nitrogens with one attached hydrogen (secondary N) is 1. The van der Waals surface area contributed by atoms with Crippen LogP contribution in [0.5, 0.6) is 0 Å². The molecule has 0 aromatic carbocycles. The van der Waals surface area contributed by atoms with Crippen molar-refractivity contribution in [2.75, 3.05) is 13.2 Å². The van der Waals surface area contributed by atoms with Crippen LogP contribution in [0.25, 0.3) is 0 Å². The number of aliphatic hydroxyl groups is 2. The molecule has 1 aromatic heterocycles. The largest absolute Gasteiger partial charge is 0.395 e. The average molecular weight is 199 g/mol. The van der Waals surface area contributed by atoms with E-state index in [1.807, 2.05) is 20.0 Å². The highest BCUT2D eigenvalue weighted by atomic mass is 16.3. The molecule has 0 aliphatic carbocycles. The van der Waals surface area contributed by atoms with Gasteiger partial charge in [0.2, 0.25) is 0 Å². The standard InChI is InChI=1S/C9H17N3O2/c1-7(11-8(5-13)6-14)9-3-4-10-12(9)2/h3-4,7-8,11,13-14H,5-6H2,1-2H3. The SMILES string of the molecule is CC(NC(CO)CO)c1ccnn1C. The van der Waals surface area contributed by atoms with Gasteiger partial charge < -0.3 is 15.5 Å². The number of aryl methyl sites for hydroxylation is 1. The van der Waals surface area contributed by atoms with Crippen molar-refractivity contribution in [3.63, 3.8) is 0 Å². The predicted octanol–water partition coefficient (Wildman–Crippen LogP) is -0.576. The van der Waals surface area contributed by atoms with Crippen molar-refractivity contribution < 1.29 is 10.2 Å². The summed E-state index contributed by atoms with van der Waals surface area (Å²) >= 11 is 0. The molecule has 80 valence electrons. The molecule has 0 bridgehead atoms. The number of rotatable bonds is 5. The number of aliphatic hydroxyl groups excluding tert-OH is 2. The smallest absolute Gasteiger partial charge is 0.0607 e. The van der Waals surface area contributed by atoms with Crippen molar-refractivity contribution in [1.29, 1.82) is 0 Å². The minimum atomic E-state index is -0.278. The van der Waals surface area contributed by atoms with Gasteiger partial charge in [0.1, 0.15) is 0 Å². The molecule has 3 N–H and O–H groups in total. The van der Waals surface area contributed by atoms with Crippen molar-refractivity contribution in [2.24, 2.45) is 7.05 Å². The molecule has 0 aliphatic rings. The normalized spacial score (nSPS) is 13.5. The Morgan fingerprint density at radius 2 is 2.14 bits per heavy atom. The van der Waals surface area contributed by atoms with Gasteiger partial charge in [-0.2, -0.15) is 5.10 Å². The van der Waals surface area contributed by atoms with Gasteiger partial charge in [0.25, 0.3) is 0 Å². The highest BCUT2D eigenvalue weighted by Gasteiger charge is 2.13. The summed E-state index contributed by atoms with van der Waals surface area (Å²) in [5, 5.41) is 24.9. The van der Waals surface area contributed by atoms with E-state index in [2.05, 4.69) is 10.4 Å². The molecular weight excluding hydrogens is 182 g/mol. The Hall–Kier alpha value is -0.910. The molecule has 0 amide bonds. The second-order valence-electron chi connectivity index (χ2n) is 3.33. The van der Waals surface area contributed by atoms with Gasteiger partial charge in [0, 0.05) is 19.3 Å². The molecule has 1 heterocycles. The highest BCUT2D eigenvalue weighted by Crippen LogP contribution is 2.10. The fraction of sp³-hybridized carbons (Fsp3) is 0.667. The average Bonchev–Trinajstić information content (AvgIpc) is 2.60. The van der Waals surface area contributed by atoms with E-state index >= 15 is 0 Å². The molecule has 1 aromatic rings. The van der Waals surface area contributed by atoms with Crippen LogP contribution in [0.15, 0.2) is 12.3 Å². The lowest BCUT2D eigenvalue weighted by molar-refractivity contribution is 0.162. The molecule has 1 unspecified atom stereocenters. The Labute approximate surface area is 83.4 Å².